The SMILES string of the molecule is COC(=O)c1cnn2cc(-c3cnn(CC(C)(C)O)c3C)ccc12. The Labute approximate surface area is 139 Å². The summed E-state index contributed by atoms with van der Waals surface area (Å²) in [6, 6.07) is 3.75. The third-order valence-electron chi connectivity index (χ3n) is 3.87. The van der Waals surface area contributed by atoms with Gasteiger partial charge in [-0.25, -0.2) is 9.31 Å². The summed E-state index contributed by atoms with van der Waals surface area (Å²) in [4.78, 5) is 11.7. The molecule has 0 spiro atoms. The largest absolute Gasteiger partial charge is 0.465 e. The normalized spacial score (nSPS) is 11.9. The van der Waals surface area contributed by atoms with Crippen molar-refractivity contribution >= 4 is 11.5 Å². The van der Waals surface area contributed by atoms with Gasteiger partial charge in [0.15, 0.2) is 0 Å². The van der Waals surface area contributed by atoms with Crippen LogP contribution in [-0.4, -0.2) is 43.2 Å². The average molecular weight is 328 g/mol. The number of ether oxygens (including phenoxy) is 1. The Morgan fingerprint density at radius 3 is 2.71 bits per heavy atom. The summed E-state index contributed by atoms with van der Waals surface area (Å²) in [5, 5.41) is 18.6. The summed E-state index contributed by atoms with van der Waals surface area (Å²) in [6.07, 6.45) is 5.11. The van der Waals surface area contributed by atoms with Crippen LogP contribution in [0.3, 0.4) is 0 Å². The molecule has 0 fully saturated rings. The molecule has 0 aliphatic rings. The minimum atomic E-state index is -0.838. The maximum absolute atomic E-state index is 11.7. The number of pyridine rings is 1. The molecule has 3 heterocycles. The van der Waals surface area contributed by atoms with E-state index in [1.165, 1.54) is 13.3 Å². The number of carbonyl (C=O) groups excluding carboxylic acids is 1. The Morgan fingerprint density at radius 2 is 2.04 bits per heavy atom. The second kappa shape index (κ2) is 5.76. The van der Waals surface area contributed by atoms with E-state index >= 15 is 0 Å². The van der Waals surface area contributed by atoms with Crippen molar-refractivity contribution in [2.24, 2.45) is 0 Å². The standard InChI is InChI=1S/C17H20N4O3/c1-11-13(7-19-21(11)10-17(2,3)23)12-5-6-15-14(16(22)24-4)8-18-20(15)9-12/h5-9,23H,10H2,1-4H3. The molecule has 3 aromatic rings. The first-order valence-electron chi connectivity index (χ1n) is 7.61. The summed E-state index contributed by atoms with van der Waals surface area (Å²) in [6.45, 7) is 5.87. The lowest BCUT2D eigenvalue weighted by Gasteiger charge is -2.18. The molecule has 7 heteroatoms. The highest BCUT2D eigenvalue weighted by molar-refractivity contribution is 5.96. The van der Waals surface area contributed by atoms with E-state index in [0.29, 0.717) is 17.6 Å². The maximum atomic E-state index is 11.7. The smallest absolute Gasteiger partial charge is 0.341 e. The van der Waals surface area contributed by atoms with Gasteiger partial charge in [-0.15, -0.1) is 0 Å². The van der Waals surface area contributed by atoms with Crippen LogP contribution in [-0.2, 0) is 11.3 Å². The van der Waals surface area contributed by atoms with Gasteiger partial charge in [0.2, 0.25) is 0 Å². The van der Waals surface area contributed by atoms with Crippen molar-refractivity contribution in [1.29, 1.82) is 0 Å². The fourth-order valence-corrected chi connectivity index (χ4v) is 2.67. The summed E-state index contributed by atoms with van der Waals surface area (Å²) in [7, 11) is 1.35. The molecule has 0 saturated carbocycles. The highest BCUT2D eigenvalue weighted by Gasteiger charge is 2.18. The lowest BCUT2D eigenvalue weighted by molar-refractivity contribution is 0.0569. The van der Waals surface area contributed by atoms with Crippen LogP contribution in [0.5, 0.6) is 0 Å². The second-order valence-electron chi connectivity index (χ2n) is 6.41. The molecule has 24 heavy (non-hydrogen) atoms. The zero-order chi connectivity index (χ0) is 17.5. The van der Waals surface area contributed by atoms with E-state index in [1.807, 2.05) is 25.3 Å². The number of rotatable bonds is 4. The van der Waals surface area contributed by atoms with E-state index < -0.39 is 11.6 Å². The van der Waals surface area contributed by atoms with Crippen molar-refractivity contribution in [3.63, 3.8) is 0 Å². The van der Waals surface area contributed by atoms with Crippen LogP contribution in [0.15, 0.2) is 30.7 Å². The Bertz CT molecular complexity index is 902. The van der Waals surface area contributed by atoms with Crippen LogP contribution in [0.2, 0.25) is 0 Å². The molecule has 0 atom stereocenters. The van der Waals surface area contributed by atoms with Gasteiger partial charge >= 0.3 is 5.97 Å². The van der Waals surface area contributed by atoms with Gasteiger partial charge < -0.3 is 9.84 Å². The van der Waals surface area contributed by atoms with Crippen LogP contribution >= 0.6 is 0 Å². The van der Waals surface area contributed by atoms with Crippen LogP contribution < -0.4 is 0 Å². The quantitative estimate of drug-likeness (QED) is 0.741. The van der Waals surface area contributed by atoms with Crippen molar-refractivity contribution in [3.05, 3.63) is 42.0 Å². The van der Waals surface area contributed by atoms with Gasteiger partial charge in [0.05, 0.1) is 37.2 Å². The highest BCUT2D eigenvalue weighted by atomic mass is 16.5. The first-order valence-corrected chi connectivity index (χ1v) is 7.61. The molecule has 0 saturated heterocycles. The number of nitrogens with zero attached hydrogens (tertiary/aromatic N) is 4. The summed E-state index contributed by atoms with van der Waals surface area (Å²) >= 11 is 0. The van der Waals surface area contributed by atoms with Crippen LogP contribution in [0.4, 0.5) is 0 Å². The zero-order valence-electron chi connectivity index (χ0n) is 14.1. The number of aromatic nitrogens is 4. The van der Waals surface area contributed by atoms with E-state index in [0.717, 1.165) is 16.8 Å². The maximum Gasteiger partial charge on any atom is 0.341 e. The predicted octanol–water partition coefficient (Wildman–Crippen LogP) is 2.06. The minimum Gasteiger partial charge on any atom is -0.465 e. The topological polar surface area (TPSA) is 81.6 Å². The van der Waals surface area contributed by atoms with Gasteiger partial charge in [-0.1, -0.05) is 6.07 Å². The Balaban J connectivity index is 2.00. The lowest BCUT2D eigenvalue weighted by Crippen LogP contribution is -2.27. The van der Waals surface area contributed by atoms with Gasteiger partial charge in [-0.2, -0.15) is 10.2 Å². The van der Waals surface area contributed by atoms with Crippen LogP contribution in [0, 0.1) is 6.92 Å². The second-order valence-corrected chi connectivity index (χ2v) is 6.41. The summed E-state index contributed by atoms with van der Waals surface area (Å²) in [5.41, 5.74) is 3.12. The Kier molecular flexibility index (Phi) is 3.88. The number of carbonyl (C=O) groups is 1. The number of aliphatic hydroxyl groups is 1. The molecule has 3 aromatic heterocycles. The number of hydrogen-bond donors (Lipinski definition) is 1. The molecular weight excluding hydrogens is 308 g/mol. The van der Waals surface area contributed by atoms with Crippen molar-refractivity contribution in [2.75, 3.05) is 7.11 Å². The molecule has 0 aliphatic carbocycles. The van der Waals surface area contributed by atoms with Crippen molar-refractivity contribution in [2.45, 2.75) is 32.9 Å². The van der Waals surface area contributed by atoms with Crippen LogP contribution in [0.1, 0.15) is 29.9 Å². The third-order valence-corrected chi connectivity index (χ3v) is 3.87. The van der Waals surface area contributed by atoms with Gasteiger partial charge in [0, 0.05) is 23.0 Å². The van der Waals surface area contributed by atoms with E-state index in [4.69, 9.17) is 4.74 Å². The van der Waals surface area contributed by atoms with E-state index in [2.05, 4.69) is 10.2 Å². The van der Waals surface area contributed by atoms with Crippen LogP contribution in [0.25, 0.3) is 16.6 Å². The fourth-order valence-electron chi connectivity index (χ4n) is 2.67. The molecule has 3 rings (SSSR count). The number of hydrogen-bond acceptors (Lipinski definition) is 5. The number of esters is 1. The molecule has 0 unspecified atom stereocenters. The molecule has 0 bridgehead atoms. The van der Waals surface area contributed by atoms with Gasteiger partial charge in [-0.05, 0) is 26.8 Å². The molecule has 0 aromatic carbocycles. The van der Waals surface area contributed by atoms with E-state index in [1.54, 1.807) is 29.2 Å². The summed E-state index contributed by atoms with van der Waals surface area (Å²) < 4.78 is 8.18. The number of methoxy groups -OCH3 is 1. The Hall–Kier alpha value is -2.67. The molecule has 0 amide bonds. The first kappa shape index (κ1) is 16.2. The van der Waals surface area contributed by atoms with Crippen molar-refractivity contribution in [1.82, 2.24) is 19.4 Å². The molecule has 0 radical (unpaired) electrons. The molecule has 126 valence electrons. The zero-order valence-corrected chi connectivity index (χ0v) is 14.1. The monoisotopic (exact) mass is 328 g/mol. The third kappa shape index (κ3) is 2.90. The minimum absolute atomic E-state index is 0.410. The molecule has 7 nitrogen and oxygen atoms in total. The number of fused-ring (bicyclic) bond motifs is 1. The van der Waals surface area contributed by atoms with E-state index in [9.17, 15) is 9.90 Å². The molecule has 0 aliphatic heterocycles. The van der Waals surface area contributed by atoms with Gasteiger partial charge in [0.1, 0.15) is 5.56 Å². The summed E-state index contributed by atoms with van der Waals surface area (Å²) in [5.74, 6) is -0.410. The Morgan fingerprint density at radius 1 is 1.29 bits per heavy atom. The fraction of sp³-hybridized carbons (Fsp3) is 0.353. The van der Waals surface area contributed by atoms with Gasteiger partial charge in [-0.3, -0.25) is 4.68 Å². The molecule has 1 N–H and O–H groups in total. The van der Waals surface area contributed by atoms with Crippen molar-refractivity contribution < 1.29 is 14.6 Å². The average Bonchev–Trinajstić information content (AvgIpc) is 3.09. The lowest BCUT2D eigenvalue weighted by atomic mass is 10.1. The first-order chi connectivity index (χ1) is 11.3. The van der Waals surface area contributed by atoms with Gasteiger partial charge in [0.25, 0.3) is 0 Å². The van der Waals surface area contributed by atoms with E-state index in [-0.39, 0.29) is 0 Å². The predicted molar refractivity (Wildman–Crippen MR) is 88.8 cm³/mol. The highest BCUT2D eigenvalue weighted by Crippen LogP contribution is 2.25. The van der Waals surface area contributed by atoms with Crippen molar-refractivity contribution in [3.8, 4) is 11.1 Å². The molecular formula is C17H20N4O3.